The van der Waals surface area contributed by atoms with E-state index in [1.807, 2.05) is 0 Å². The molecule has 0 saturated heterocycles. The van der Waals surface area contributed by atoms with Crippen molar-refractivity contribution in [1.82, 2.24) is 14.7 Å². The minimum atomic E-state index is -4.53. The molecular formula is C19H26N5O8PS3. The molecule has 1 atom stereocenters. The van der Waals surface area contributed by atoms with Gasteiger partial charge in [0.25, 0.3) is 15.7 Å². The van der Waals surface area contributed by atoms with E-state index >= 15 is 0 Å². The Bertz CT molecular complexity index is 1130. The number of aromatic nitrogens is 2. The maximum Gasteiger partial charge on any atom is 0.335 e. The van der Waals surface area contributed by atoms with E-state index in [2.05, 4.69) is 22.2 Å². The van der Waals surface area contributed by atoms with Gasteiger partial charge in [-0.15, -0.1) is 11.4 Å². The van der Waals surface area contributed by atoms with Gasteiger partial charge in [-0.25, -0.2) is 22.9 Å². The van der Waals surface area contributed by atoms with Crippen LogP contribution in [-0.4, -0.2) is 56.3 Å². The molecule has 0 radical (unpaired) electrons. The molecule has 0 spiro atoms. The summed E-state index contributed by atoms with van der Waals surface area (Å²) in [5.74, 6) is 0.425. The second kappa shape index (κ2) is 15.8. The Balaban J connectivity index is 1.89. The zero-order chi connectivity index (χ0) is 26.4. The normalized spacial score (nSPS) is 11.5. The number of ether oxygens (including phenoxy) is 2. The number of rotatable bonds is 16. The number of nitrogens with zero attached hydrogens (tertiary/aromatic N) is 3. The highest BCUT2D eigenvalue weighted by molar-refractivity contribution is 8.80. The molecule has 1 heterocycles. The van der Waals surface area contributed by atoms with Crippen LogP contribution in [0.4, 0.5) is 16.4 Å². The fraction of sp³-hybridized carbons (Fsp3) is 0.421. The van der Waals surface area contributed by atoms with Crippen LogP contribution in [0.15, 0.2) is 35.2 Å². The van der Waals surface area contributed by atoms with Crippen molar-refractivity contribution in [2.24, 2.45) is 0 Å². The van der Waals surface area contributed by atoms with Crippen LogP contribution >= 0.6 is 30.0 Å². The van der Waals surface area contributed by atoms with Gasteiger partial charge in [0.15, 0.2) is 4.90 Å². The van der Waals surface area contributed by atoms with Gasteiger partial charge >= 0.3 is 6.03 Å². The first kappa shape index (κ1) is 30.0. The number of amides is 2. The molecule has 1 aromatic carbocycles. The van der Waals surface area contributed by atoms with Crippen molar-refractivity contribution in [2.45, 2.75) is 30.4 Å². The fourth-order valence-corrected chi connectivity index (χ4v) is 6.79. The lowest BCUT2D eigenvalue weighted by Crippen LogP contribution is -2.35. The Hall–Kier alpha value is -2.23. The molecule has 2 amide bonds. The lowest BCUT2D eigenvalue weighted by Gasteiger charge is -2.10. The van der Waals surface area contributed by atoms with Gasteiger partial charge in [-0.3, -0.25) is 15.4 Å². The number of sulfonamides is 1. The molecule has 0 aliphatic rings. The number of hydrogen-bond donors (Lipinski definition) is 2. The second-order valence-electron chi connectivity index (χ2n) is 6.75. The van der Waals surface area contributed by atoms with Crippen molar-refractivity contribution < 1.29 is 31.8 Å². The Labute approximate surface area is 218 Å². The van der Waals surface area contributed by atoms with Crippen molar-refractivity contribution >= 4 is 57.7 Å². The summed E-state index contributed by atoms with van der Waals surface area (Å²) >= 11 is 2.87. The number of nitro benzene ring substituents is 1. The van der Waals surface area contributed by atoms with Gasteiger partial charge in [0.2, 0.25) is 11.8 Å². The summed E-state index contributed by atoms with van der Waals surface area (Å²) in [6, 6.07) is 5.06. The maximum atomic E-state index is 12.5. The highest BCUT2D eigenvalue weighted by Gasteiger charge is 2.27. The topological polar surface area (TPSA) is 172 Å². The van der Waals surface area contributed by atoms with Crippen LogP contribution in [0.5, 0.6) is 5.88 Å². The highest BCUT2D eigenvalue weighted by atomic mass is 33.1. The van der Waals surface area contributed by atoms with E-state index in [9.17, 15) is 23.3 Å². The summed E-state index contributed by atoms with van der Waals surface area (Å²) in [6.45, 7) is 4.42. The summed E-state index contributed by atoms with van der Waals surface area (Å²) in [6.07, 6.45) is 1.80. The third kappa shape index (κ3) is 10.4. The molecule has 2 N–H and O–H groups in total. The predicted molar refractivity (Wildman–Crippen MR) is 140 cm³/mol. The lowest BCUT2D eigenvalue weighted by molar-refractivity contribution is -0.387. The number of nitro groups is 1. The summed E-state index contributed by atoms with van der Waals surface area (Å²) in [4.78, 5) is 30.1. The van der Waals surface area contributed by atoms with Crippen LogP contribution in [0.2, 0.25) is 0 Å². The fourth-order valence-electron chi connectivity index (χ4n) is 2.51. The number of urea groups is 1. The van der Waals surface area contributed by atoms with E-state index < -0.39 is 31.6 Å². The van der Waals surface area contributed by atoms with E-state index in [0.717, 1.165) is 31.6 Å². The number of carbonyl (C=O) groups excluding carboxylic acids is 1. The Kier molecular flexibility index (Phi) is 13.2. The lowest BCUT2D eigenvalue weighted by atomic mass is 10.3. The average Bonchev–Trinajstić information content (AvgIpc) is 2.84. The molecule has 36 heavy (non-hydrogen) atoms. The average molecular weight is 580 g/mol. The van der Waals surface area contributed by atoms with Crippen molar-refractivity contribution in [3.05, 3.63) is 46.1 Å². The SMILES string of the molecule is CCCOCCCOSPSCc1cc(OC)nc(NC(=O)NS(=O)(=O)c2ccccc2[N+](=O)[O-])n1. The smallest absolute Gasteiger partial charge is 0.335 e. The Morgan fingerprint density at radius 1 is 1.22 bits per heavy atom. The zero-order valence-corrected chi connectivity index (χ0v) is 22.9. The first-order valence-electron chi connectivity index (χ1n) is 10.5. The number of nitrogens with one attached hydrogen (secondary N) is 2. The van der Waals surface area contributed by atoms with E-state index in [4.69, 9.17) is 13.7 Å². The number of benzene rings is 1. The van der Waals surface area contributed by atoms with Crippen molar-refractivity contribution in [3.63, 3.8) is 0 Å². The minimum Gasteiger partial charge on any atom is -0.481 e. The monoisotopic (exact) mass is 579 g/mol. The number of hydrogen-bond acceptors (Lipinski definition) is 12. The van der Waals surface area contributed by atoms with Gasteiger partial charge in [-0.2, -0.15) is 4.98 Å². The molecule has 1 aromatic heterocycles. The molecule has 2 aromatic rings. The molecule has 0 saturated carbocycles. The third-order valence-electron chi connectivity index (χ3n) is 4.01. The van der Waals surface area contributed by atoms with Crippen LogP contribution in [0, 0.1) is 10.1 Å². The molecule has 0 bridgehead atoms. The predicted octanol–water partition coefficient (Wildman–Crippen LogP) is 4.13. The first-order valence-corrected chi connectivity index (χ1v) is 16.1. The molecule has 198 valence electrons. The standard InChI is InChI=1S/C19H26N5O8PS3/c1-3-9-31-10-6-11-32-35-33-34-13-14-12-17(30-2)21-18(20-14)22-19(25)23-36(28,29)16-8-5-4-7-15(16)24(26)27/h4-5,7-8,12,33H,3,6,9-11,13H2,1-2H3,(H2,20,21,22,23,25). The summed E-state index contributed by atoms with van der Waals surface area (Å²) < 4.78 is 42.7. The summed E-state index contributed by atoms with van der Waals surface area (Å²) in [5.41, 5.74) is -0.132. The quantitative estimate of drug-likeness (QED) is 0.0959. The van der Waals surface area contributed by atoms with Gasteiger partial charge in [0.1, 0.15) is 0 Å². The van der Waals surface area contributed by atoms with Crippen LogP contribution in [0.25, 0.3) is 0 Å². The van der Waals surface area contributed by atoms with E-state index in [0.29, 0.717) is 31.6 Å². The molecule has 0 aliphatic heterocycles. The van der Waals surface area contributed by atoms with Gasteiger partial charge in [0.05, 0.1) is 24.3 Å². The summed E-state index contributed by atoms with van der Waals surface area (Å²) in [5, 5.41) is 13.3. The van der Waals surface area contributed by atoms with E-state index in [1.54, 1.807) is 10.8 Å². The van der Waals surface area contributed by atoms with Crippen molar-refractivity contribution in [1.29, 1.82) is 0 Å². The van der Waals surface area contributed by atoms with Gasteiger partial charge < -0.3 is 13.7 Å². The molecule has 2 rings (SSSR count). The second-order valence-corrected chi connectivity index (χ2v) is 12.9. The summed E-state index contributed by atoms with van der Waals surface area (Å²) in [7, 11) is -3.14. The molecule has 13 nitrogen and oxygen atoms in total. The number of methoxy groups -OCH3 is 1. The highest BCUT2D eigenvalue weighted by Crippen LogP contribution is 2.44. The van der Waals surface area contributed by atoms with E-state index in [-0.39, 0.29) is 11.8 Å². The largest absolute Gasteiger partial charge is 0.481 e. The molecule has 0 aliphatic carbocycles. The number of carbonyl (C=O) groups is 1. The Morgan fingerprint density at radius 2 is 2.00 bits per heavy atom. The van der Waals surface area contributed by atoms with Crippen LogP contribution in [0.3, 0.4) is 0 Å². The molecule has 17 heteroatoms. The van der Waals surface area contributed by atoms with Crippen molar-refractivity contribution in [2.75, 3.05) is 32.2 Å². The molecule has 1 unspecified atom stereocenters. The number of para-hydroxylation sites is 1. The number of anilines is 1. The minimum absolute atomic E-state index is 0.164. The van der Waals surface area contributed by atoms with Crippen molar-refractivity contribution in [3.8, 4) is 5.88 Å². The van der Waals surface area contributed by atoms with Gasteiger partial charge in [0, 0.05) is 49.7 Å². The van der Waals surface area contributed by atoms with Gasteiger partial charge in [-0.1, -0.05) is 19.1 Å². The van der Waals surface area contributed by atoms with Crippen LogP contribution in [-0.2, 0) is 24.7 Å². The van der Waals surface area contributed by atoms with E-state index in [1.165, 1.54) is 42.3 Å². The molecule has 0 fully saturated rings. The van der Waals surface area contributed by atoms with Gasteiger partial charge in [-0.05, 0) is 18.9 Å². The maximum absolute atomic E-state index is 12.5. The van der Waals surface area contributed by atoms with Crippen LogP contribution < -0.4 is 14.8 Å². The zero-order valence-electron chi connectivity index (χ0n) is 19.5. The van der Waals surface area contributed by atoms with Crippen LogP contribution in [0.1, 0.15) is 25.5 Å². The first-order chi connectivity index (χ1) is 17.3. The Morgan fingerprint density at radius 3 is 2.72 bits per heavy atom. The molecular weight excluding hydrogens is 553 g/mol. The third-order valence-corrected chi connectivity index (χ3v) is 9.31.